The lowest BCUT2D eigenvalue weighted by atomic mass is 10.0. The highest BCUT2D eigenvalue weighted by Crippen LogP contribution is 2.39. The largest absolute Gasteiger partial charge is 0.337 e. The third-order valence-electron chi connectivity index (χ3n) is 5.93. The van der Waals surface area contributed by atoms with Gasteiger partial charge in [0.05, 0.1) is 22.5 Å². The van der Waals surface area contributed by atoms with E-state index in [1.807, 2.05) is 18.0 Å². The minimum absolute atomic E-state index is 0.106. The van der Waals surface area contributed by atoms with Gasteiger partial charge in [0.15, 0.2) is 0 Å². The molecule has 1 amide bonds. The Labute approximate surface area is 170 Å². The zero-order valence-corrected chi connectivity index (χ0v) is 17.0. The van der Waals surface area contributed by atoms with Crippen LogP contribution in [0.5, 0.6) is 0 Å². The van der Waals surface area contributed by atoms with Crippen LogP contribution in [0.15, 0.2) is 42.5 Å². The van der Waals surface area contributed by atoms with Gasteiger partial charge >= 0.3 is 0 Å². The number of hydrogen-bond acceptors (Lipinski definition) is 2. The molecule has 2 aromatic carbocycles. The van der Waals surface area contributed by atoms with Gasteiger partial charge < -0.3 is 4.90 Å². The van der Waals surface area contributed by atoms with Crippen molar-refractivity contribution < 1.29 is 4.79 Å². The van der Waals surface area contributed by atoms with Crippen LogP contribution in [-0.4, -0.2) is 41.9 Å². The topological polar surface area (TPSA) is 23.6 Å². The Bertz CT molecular complexity index is 848. The van der Waals surface area contributed by atoms with Crippen LogP contribution in [-0.2, 0) is 17.6 Å². The van der Waals surface area contributed by atoms with Crippen LogP contribution >= 0.6 is 23.2 Å². The quantitative estimate of drug-likeness (QED) is 0.735. The fraction of sp³-hybridized carbons (Fsp3) is 0.409. The van der Waals surface area contributed by atoms with Gasteiger partial charge in [-0.15, -0.1) is 0 Å². The summed E-state index contributed by atoms with van der Waals surface area (Å²) in [6.45, 7) is 2.26. The van der Waals surface area contributed by atoms with E-state index in [4.69, 9.17) is 23.2 Å². The predicted octanol–water partition coefficient (Wildman–Crippen LogP) is 4.76. The van der Waals surface area contributed by atoms with E-state index in [-0.39, 0.29) is 11.9 Å². The van der Waals surface area contributed by atoms with Gasteiger partial charge in [0.2, 0.25) is 5.91 Å². The Morgan fingerprint density at radius 3 is 2.59 bits per heavy atom. The number of rotatable bonds is 4. The standard InChI is InChI=1S/C22H24Cl2N2O/c1-25(21(27)13-15-8-9-18(23)19(24)12-15)22-17-7-3-2-6-16(17)14-20(22)26-10-4-5-11-26/h2-3,6-9,12,20,22H,4-5,10-11,13-14H2,1H3/t20-,22-/m0/s1. The number of likely N-dealkylation sites (tertiary alicyclic amines) is 1. The number of amides is 1. The van der Waals surface area contributed by atoms with Gasteiger partial charge in [-0.05, 0) is 61.2 Å². The number of benzene rings is 2. The van der Waals surface area contributed by atoms with Crippen LogP contribution in [0.1, 0.15) is 35.6 Å². The molecule has 0 bridgehead atoms. The smallest absolute Gasteiger partial charge is 0.227 e. The van der Waals surface area contributed by atoms with Crippen LogP contribution in [0.3, 0.4) is 0 Å². The summed E-state index contributed by atoms with van der Waals surface area (Å²) in [5.41, 5.74) is 3.55. The van der Waals surface area contributed by atoms with Crippen molar-refractivity contribution in [1.29, 1.82) is 0 Å². The summed E-state index contributed by atoms with van der Waals surface area (Å²) in [5.74, 6) is 0.110. The van der Waals surface area contributed by atoms with E-state index in [1.54, 1.807) is 12.1 Å². The highest BCUT2D eigenvalue weighted by Gasteiger charge is 2.40. The van der Waals surface area contributed by atoms with Gasteiger partial charge in [0.25, 0.3) is 0 Å². The average molecular weight is 403 g/mol. The molecule has 1 saturated heterocycles. The number of hydrogen-bond donors (Lipinski definition) is 0. The summed E-state index contributed by atoms with van der Waals surface area (Å²) in [6, 6.07) is 14.5. The summed E-state index contributed by atoms with van der Waals surface area (Å²) in [5, 5.41) is 1.01. The third kappa shape index (κ3) is 3.73. The van der Waals surface area contributed by atoms with Gasteiger partial charge in [-0.3, -0.25) is 9.69 Å². The molecule has 5 heteroatoms. The van der Waals surface area contributed by atoms with Crippen molar-refractivity contribution >= 4 is 29.1 Å². The van der Waals surface area contributed by atoms with Gasteiger partial charge in [0, 0.05) is 13.1 Å². The highest BCUT2D eigenvalue weighted by molar-refractivity contribution is 6.42. The molecule has 2 aromatic rings. The Kier molecular flexibility index (Phi) is 5.45. The highest BCUT2D eigenvalue weighted by atomic mass is 35.5. The van der Waals surface area contributed by atoms with E-state index in [0.717, 1.165) is 25.1 Å². The van der Waals surface area contributed by atoms with Crippen molar-refractivity contribution in [2.24, 2.45) is 0 Å². The van der Waals surface area contributed by atoms with Gasteiger partial charge in [0.1, 0.15) is 0 Å². The Morgan fingerprint density at radius 1 is 1.11 bits per heavy atom. The molecular weight excluding hydrogens is 379 g/mol. The molecule has 1 aliphatic carbocycles. The van der Waals surface area contributed by atoms with Crippen molar-refractivity contribution in [2.75, 3.05) is 20.1 Å². The fourth-order valence-electron chi connectivity index (χ4n) is 4.53. The van der Waals surface area contributed by atoms with Gasteiger partial charge in [-0.2, -0.15) is 0 Å². The third-order valence-corrected chi connectivity index (χ3v) is 6.67. The molecule has 4 rings (SSSR count). The normalized spacial score (nSPS) is 22.0. The van der Waals surface area contributed by atoms with Gasteiger partial charge in [-0.1, -0.05) is 53.5 Å². The van der Waals surface area contributed by atoms with E-state index in [1.165, 1.54) is 24.0 Å². The molecule has 27 heavy (non-hydrogen) atoms. The lowest BCUT2D eigenvalue weighted by Gasteiger charge is -2.35. The predicted molar refractivity (Wildman–Crippen MR) is 110 cm³/mol. The van der Waals surface area contributed by atoms with E-state index < -0.39 is 0 Å². The fourth-order valence-corrected chi connectivity index (χ4v) is 4.85. The second kappa shape index (κ2) is 7.83. The maximum Gasteiger partial charge on any atom is 0.227 e. The zero-order chi connectivity index (χ0) is 19.0. The number of nitrogens with zero attached hydrogens (tertiary/aromatic N) is 2. The van der Waals surface area contributed by atoms with Crippen LogP contribution < -0.4 is 0 Å². The molecule has 0 radical (unpaired) electrons. The first-order valence-electron chi connectivity index (χ1n) is 9.56. The van der Waals surface area contributed by atoms with Crippen LogP contribution in [0.2, 0.25) is 10.0 Å². The molecule has 2 atom stereocenters. The van der Waals surface area contributed by atoms with Crippen LogP contribution in [0.4, 0.5) is 0 Å². The van der Waals surface area contributed by atoms with Crippen molar-refractivity contribution in [2.45, 2.75) is 37.8 Å². The molecule has 1 aliphatic heterocycles. The number of likely N-dealkylation sites (N-methyl/N-ethyl adjacent to an activating group) is 1. The van der Waals surface area contributed by atoms with E-state index in [2.05, 4.69) is 29.2 Å². The maximum atomic E-state index is 13.1. The molecule has 0 aromatic heterocycles. The number of halogens is 2. The van der Waals surface area contributed by atoms with E-state index in [0.29, 0.717) is 22.5 Å². The zero-order valence-electron chi connectivity index (χ0n) is 15.5. The molecular formula is C22H24Cl2N2O. The molecule has 142 valence electrons. The number of carbonyl (C=O) groups excluding carboxylic acids is 1. The first-order valence-corrected chi connectivity index (χ1v) is 10.3. The Balaban J connectivity index is 1.58. The summed E-state index contributed by atoms with van der Waals surface area (Å²) >= 11 is 12.1. The van der Waals surface area contributed by atoms with E-state index in [9.17, 15) is 4.79 Å². The lowest BCUT2D eigenvalue weighted by molar-refractivity contribution is -0.132. The van der Waals surface area contributed by atoms with Crippen LogP contribution in [0, 0.1) is 0 Å². The summed E-state index contributed by atoms with van der Waals surface area (Å²) in [6.07, 6.45) is 3.85. The Morgan fingerprint density at radius 2 is 1.85 bits per heavy atom. The van der Waals surface area contributed by atoms with E-state index >= 15 is 0 Å². The molecule has 1 heterocycles. The number of carbonyl (C=O) groups is 1. The number of fused-ring (bicyclic) bond motifs is 1. The second-order valence-electron chi connectivity index (χ2n) is 7.59. The van der Waals surface area contributed by atoms with Crippen molar-refractivity contribution in [3.8, 4) is 0 Å². The van der Waals surface area contributed by atoms with Crippen molar-refractivity contribution in [3.05, 3.63) is 69.2 Å². The average Bonchev–Trinajstić information content (AvgIpc) is 3.31. The molecule has 3 nitrogen and oxygen atoms in total. The second-order valence-corrected chi connectivity index (χ2v) is 8.40. The molecule has 0 unspecified atom stereocenters. The molecule has 2 aliphatic rings. The van der Waals surface area contributed by atoms with Crippen molar-refractivity contribution in [3.63, 3.8) is 0 Å². The molecule has 0 saturated carbocycles. The summed E-state index contributed by atoms with van der Waals surface area (Å²) < 4.78 is 0. The SMILES string of the molecule is CN(C(=O)Cc1ccc(Cl)c(Cl)c1)[C@H]1c2ccccc2C[C@@H]1N1CCCC1. The van der Waals surface area contributed by atoms with Gasteiger partial charge in [-0.25, -0.2) is 0 Å². The molecule has 0 N–H and O–H groups in total. The molecule has 0 spiro atoms. The monoisotopic (exact) mass is 402 g/mol. The van der Waals surface area contributed by atoms with Crippen molar-refractivity contribution in [1.82, 2.24) is 9.80 Å². The summed E-state index contributed by atoms with van der Waals surface area (Å²) in [7, 11) is 1.94. The first kappa shape index (κ1) is 18.8. The first-order chi connectivity index (χ1) is 13.0. The lowest BCUT2D eigenvalue weighted by Crippen LogP contribution is -2.44. The van der Waals surface area contributed by atoms with Crippen LogP contribution in [0.25, 0.3) is 0 Å². The minimum atomic E-state index is 0.106. The minimum Gasteiger partial charge on any atom is -0.337 e. The molecule has 1 fully saturated rings. The summed E-state index contributed by atoms with van der Waals surface area (Å²) in [4.78, 5) is 17.6. The maximum absolute atomic E-state index is 13.1. The Hall–Kier alpha value is -1.55.